The Morgan fingerprint density at radius 3 is 2.28 bits per heavy atom. The Hall–Kier alpha value is -4.91. The number of carbonyl (C=O) groups is 1. The van der Waals surface area contributed by atoms with Crippen molar-refractivity contribution >= 4 is 11.6 Å². The summed E-state index contributed by atoms with van der Waals surface area (Å²) in [6.07, 6.45) is 0. The molecule has 0 fully saturated rings. The molecule has 7 nitrogen and oxygen atoms in total. The van der Waals surface area contributed by atoms with Crippen molar-refractivity contribution in [3.8, 4) is 34.3 Å². The molecule has 0 saturated carbocycles. The molecule has 0 aliphatic rings. The molecular weight excluding hydrogens is 454 g/mol. The third-order valence-corrected chi connectivity index (χ3v) is 5.54. The van der Waals surface area contributed by atoms with E-state index in [-0.39, 0.29) is 5.91 Å². The summed E-state index contributed by atoms with van der Waals surface area (Å²) < 4.78 is 16.5. The Kier molecular flexibility index (Phi) is 6.71. The number of nitrogens with one attached hydrogen (secondary N) is 1. The number of anilines is 1. The summed E-state index contributed by atoms with van der Waals surface area (Å²) >= 11 is 0. The molecule has 0 unspecified atom stereocenters. The molecule has 0 aliphatic carbocycles. The molecule has 0 aliphatic heterocycles. The predicted molar refractivity (Wildman–Crippen MR) is 137 cm³/mol. The molecule has 7 heteroatoms. The summed E-state index contributed by atoms with van der Waals surface area (Å²) in [5.41, 5.74) is 3.56. The number of para-hydroxylation sites is 1. The van der Waals surface area contributed by atoms with Crippen LogP contribution in [0.15, 0.2) is 108 Å². The Morgan fingerprint density at radius 1 is 0.833 bits per heavy atom. The van der Waals surface area contributed by atoms with Gasteiger partial charge < -0.3 is 19.3 Å². The van der Waals surface area contributed by atoms with Crippen molar-refractivity contribution in [1.29, 1.82) is 0 Å². The number of carbonyl (C=O) groups excluding carboxylic acids is 1. The highest BCUT2D eigenvalue weighted by molar-refractivity contribution is 6.06. The number of hydrogen-bond donors (Lipinski definition) is 1. The fourth-order valence-corrected chi connectivity index (χ4v) is 3.61. The maximum absolute atomic E-state index is 12.9. The van der Waals surface area contributed by atoms with Crippen LogP contribution in [0.5, 0.6) is 11.5 Å². The van der Waals surface area contributed by atoms with Gasteiger partial charge in [-0.3, -0.25) is 4.79 Å². The minimum Gasteiger partial charge on any atom is -0.497 e. The van der Waals surface area contributed by atoms with Gasteiger partial charge in [-0.1, -0.05) is 47.6 Å². The molecule has 5 aromatic rings. The zero-order valence-corrected chi connectivity index (χ0v) is 19.5. The molecule has 0 spiro atoms. The smallest absolute Gasteiger partial charge is 0.260 e. The van der Waals surface area contributed by atoms with Crippen molar-refractivity contribution in [3.63, 3.8) is 0 Å². The maximum Gasteiger partial charge on any atom is 0.260 e. The zero-order chi connectivity index (χ0) is 24.7. The van der Waals surface area contributed by atoms with Gasteiger partial charge >= 0.3 is 0 Å². The third-order valence-electron chi connectivity index (χ3n) is 5.54. The lowest BCUT2D eigenvalue weighted by atomic mass is 10.1. The molecule has 1 heterocycles. The number of nitrogens with zero attached hydrogens (tertiary/aromatic N) is 2. The maximum atomic E-state index is 12.9. The van der Waals surface area contributed by atoms with Crippen molar-refractivity contribution in [2.75, 3.05) is 12.4 Å². The van der Waals surface area contributed by atoms with E-state index in [1.54, 1.807) is 37.4 Å². The van der Waals surface area contributed by atoms with Crippen LogP contribution < -0.4 is 14.8 Å². The quantitative estimate of drug-likeness (QED) is 0.285. The Morgan fingerprint density at radius 2 is 1.53 bits per heavy atom. The first-order valence-corrected chi connectivity index (χ1v) is 11.4. The van der Waals surface area contributed by atoms with Crippen molar-refractivity contribution in [3.05, 3.63) is 114 Å². The molecule has 36 heavy (non-hydrogen) atoms. The van der Waals surface area contributed by atoms with E-state index in [4.69, 9.17) is 14.0 Å². The molecule has 1 aromatic heterocycles. The van der Waals surface area contributed by atoms with E-state index >= 15 is 0 Å². The molecule has 0 radical (unpaired) electrons. The fraction of sp³-hybridized carbons (Fsp3) is 0.0690. The average Bonchev–Trinajstić information content (AvgIpc) is 3.43. The van der Waals surface area contributed by atoms with Gasteiger partial charge in [-0.05, 0) is 66.2 Å². The SMILES string of the molecule is COc1ccc(-c2noc(-c3ccccc3NC(=O)c3ccc(OCc4ccccc4)cc3)n2)cc1. The number of aromatic nitrogens is 2. The first kappa shape index (κ1) is 22.9. The molecule has 4 aromatic carbocycles. The van der Waals surface area contributed by atoms with Crippen LogP contribution in [0.4, 0.5) is 5.69 Å². The summed E-state index contributed by atoms with van der Waals surface area (Å²) in [5, 5.41) is 7.03. The van der Waals surface area contributed by atoms with Gasteiger partial charge in [0.1, 0.15) is 18.1 Å². The predicted octanol–water partition coefficient (Wildman–Crippen LogP) is 6.24. The lowest BCUT2D eigenvalue weighted by molar-refractivity contribution is 0.102. The molecule has 0 atom stereocenters. The first-order chi connectivity index (χ1) is 17.7. The van der Waals surface area contributed by atoms with E-state index in [9.17, 15) is 4.79 Å². The summed E-state index contributed by atoms with van der Waals surface area (Å²) in [4.78, 5) is 17.5. The number of benzene rings is 4. The minimum atomic E-state index is -0.257. The van der Waals surface area contributed by atoms with Crippen LogP contribution in [0.3, 0.4) is 0 Å². The van der Waals surface area contributed by atoms with Gasteiger partial charge in [0.2, 0.25) is 5.82 Å². The number of methoxy groups -OCH3 is 1. The number of ether oxygens (including phenoxy) is 2. The van der Waals surface area contributed by atoms with Crippen LogP contribution in [-0.4, -0.2) is 23.2 Å². The van der Waals surface area contributed by atoms with Crippen molar-refractivity contribution in [1.82, 2.24) is 10.1 Å². The van der Waals surface area contributed by atoms with Gasteiger partial charge in [-0.25, -0.2) is 0 Å². The molecule has 0 bridgehead atoms. The third kappa shape index (κ3) is 5.26. The number of amides is 1. The number of rotatable bonds is 8. The Bertz CT molecular complexity index is 1450. The highest BCUT2D eigenvalue weighted by Crippen LogP contribution is 2.29. The van der Waals surface area contributed by atoms with Crippen LogP contribution in [0.1, 0.15) is 15.9 Å². The van der Waals surface area contributed by atoms with E-state index < -0.39 is 0 Å². The van der Waals surface area contributed by atoms with E-state index in [2.05, 4.69) is 15.5 Å². The summed E-state index contributed by atoms with van der Waals surface area (Å²) in [6, 6.07) is 31.6. The molecule has 178 valence electrons. The van der Waals surface area contributed by atoms with Gasteiger partial charge in [0.15, 0.2) is 0 Å². The van der Waals surface area contributed by atoms with E-state index in [0.717, 1.165) is 16.9 Å². The van der Waals surface area contributed by atoms with Crippen molar-refractivity contribution in [2.45, 2.75) is 6.61 Å². The lowest BCUT2D eigenvalue weighted by Crippen LogP contribution is -2.12. The summed E-state index contributed by atoms with van der Waals surface area (Å²) in [6.45, 7) is 0.461. The topological polar surface area (TPSA) is 86.5 Å². The van der Waals surface area contributed by atoms with E-state index in [1.807, 2.05) is 72.8 Å². The van der Waals surface area contributed by atoms with Gasteiger partial charge in [0.05, 0.1) is 18.4 Å². The molecule has 1 amide bonds. The van der Waals surface area contributed by atoms with Crippen molar-refractivity contribution < 1.29 is 18.8 Å². The second-order valence-corrected chi connectivity index (χ2v) is 7.95. The van der Waals surface area contributed by atoms with Crippen molar-refractivity contribution in [2.24, 2.45) is 0 Å². The van der Waals surface area contributed by atoms with Crippen LogP contribution >= 0.6 is 0 Å². The highest BCUT2D eigenvalue weighted by atomic mass is 16.5. The normalized spacial score (nSPS) is 10.6. The van der Waals surface area contributed by atoms with Crippen LogP contribution in [0.25, 0.3) is 22.8 Å². The van der Waals surface area contributed by atoms with Gasteiger partial charge in [0, 0.05) is 11.1 Å². The lowest BCUT2D eigenvalue weighted by Gasteiger charge is -2.10. The molecule has 5 rings (SSSR count). The molecular formula is C29H23N3O4. The Labute approximate surface area is 208 Å². The van der Waals surface area contributed by atoms with E-state index in [1.165, 1.54) is 0 Å². The zero-order valence-electron chi connectivity index (χ0n) is 19.5. The monoisotopic (exact) mass is 477 g/mol. The number of hydrogen-bond acceptors (Lipinski definition) is 6. The van der Waals surface area contributed by atoms with Gasteiger partial charge in [0.25, 0.3) is 11.8 Å². The van der Waals surface area contributed by atoms with Gasteiger partial charge in [-0.2, -0.15) is 4.98 Å². The largest absolute Gasteiger partial charge is 0.497 e. The minimum absolute atomic E-state index is 0.257. The Balaban J connectivity index is 1.28. The fourth-order valence-electron chi connectivity index (χ4n) is 3.61. The van der Waals surface area contributed by atoms with Gasteiger partial charge in [-0.15, -0.1) is 0 Å². The van der Waals surface area contributed by atoms with Crippen LogP contribution in [0.2, 0.25) is 0 Å². The van der Waals surface area contributed by atoms with Crippen LogP contribution in [0, 0.1) is 0 Å². The second-order valence-electron chi connectivity index (χ2n) is 7.95. The molecule has 1 N–H and O–H groups in total. The van der Waals surface area contributed by atoms with Crippen LogP contribution in [-0.2, 0) is 6.61 Å². The standard InChI is InChI=1S/C29H23N3O4/c1-34-23-15-11-21(12-16-23)27-31-29(36-32-27)25-9-5-6-10-26(25)30-28(33)22-13-17-24(18-14-22)35-19-20-7-3-2-4-8-20/h2-18H,19H2,1H3,(H,30,33). The average molecular weight is 478 g/mol. The van der Waals surface area contributed by atoms with E-state index in [0.29, 0.717) is 40.9 Å². The first-order valence-electron chi connectivity index (χ1n) is 11.4. The molecule has 0 saturated heterocycles. The summed E-state index contributed by atoms with van der Waals surface area (Å²) in [7, 11) is 1.61. The highest BCUT2D eigenvalue weighted by Gasteiger charge is 2.16. The summed E-state index contributed by atoms with van der Waals surface area (Å²) in [5.74, 6) is 1.92. The second kappa shape index (κ2) is 10.6.